The molecule has 0 saturated carbocycles. The SMILES string of the molecule is COc1ccc(CC(CCc2ccncc2)C(=O)O)cc1. The van der Waals surface area contributed by atoms with Crippen LogP contribution < -0.4 is 4.74 Å². The summed E-state index contributed by atoms with van der Waals surface area (Å²) in [6.07, 6.45) is 5.36. The molecule has 4 nitrogen and oxygen atoms in total. The molecule has 0 spiro atoms. The molecule has 0 aliphatic heterocycles. The summed E-state index contributed by atoms with van der Waals surface area (Å²) in [6.45, 7) is 0. The van der Waals surface area contributed by atoms with Gasteiger partial charge in [-0.15, -0.1) is 0 Å². The van der Waals surface area contributed by atoms with E-state index in [9.17, 15) is 9.90 Å². The molecular weight excluding hydrogens is 266 g/mol. The molecule has 0 saturated heterocycles. The van der Waals surface area contributed by atoms with Crippen LogP contribution in [0.5, 0.6) is 5.75 Å². The molecule has 1 N–H and O–H groups in total. The molecule has 0 radical (unpaired) electrons. The Labute approximate surface area is 124 Å². The predicted octanol–water partition coefficient (Wildman–Crippen LogP) is 2.97. The Balaban J connectivity index is 1.96. The minimum absolute atomic E-state index is 0.383. The molecular formula is C17H19NO3. The minimum atomic E-state index is -0.750. The lowest BCUT2D eigenvalue weighted by Gasteiger charge is -2.12. The van der Waals surface area contributed by atoms with Crippen molar-refractivity contribution >= 4 is 5.97 Å². The van der Waals surface area contributed by atoms with E-state index in [2.05, 4.69) is 4.98 Å². The van der Waals surface area contributed by atoms with Gasteiger partial charge in [-0.25, -0.2) is 0 Å². The average Bonchev–Trinajstić information content (AvgIpc) is 2.52. The van der Waals surface area contributed by atoms with E-state index in [1.807, 2.05) is 36.4 Å². The molecule has 21 heavy (non-hydrogen) atoms. The van der Waals surface area contributed by atoms with E-state index in [4.69, 9.17) is 4.74 Å². The average molecular weight is 285 g/mol. The normalized spacial score (nSPS) is 11.9. The molecule has 110 valence electrons. The number of hydrogen-bond acceptors (Lipinski definition) is 3. The van der Waals surface area contributed by atoms with Crippen LogP contribution in [0.4, 0.5) is 0 Å². The van der Waals surface area contributed by atoms with E-state index < -0.39 is 5.97 Å². The van der Waals surface area contributed by atoms with E-state index in [1.165, 1.54) is 0 Å². The number of benzene rings is 1. The summed E-state index contributed by atoms with van der Waals surface area (Å²) in [7, 11) is 1.61. The van der Waals surface area contributed by atoms with Crippen molar-refractivity contribution in [1.82, 2.24) is 4.98 Å². The number of carbonyl (C=O) groups is 1. The molecule has 1 aromatic heterocycles. The molecule has 0 fully saturated rings. The van der Waals surface area contributed by atoms with Crippen molar-refractivity contribution in [3.8, 4) is 5.75 Å². The predicted molar refractivity (Wildman–Crippen MR) is 80.4 cm³/mol. The van der Waals surface area contributed by atoms with Crippen molar-refractivity contribution in [2.24, 2.45) is 5.92 Å². The van der Waals surface area contributed by atoms with Gasteiger partial charge >= 0.3 is 5.97 Å². The topological polar surface area (TPSA) is 59.4 Å². The van der Waals surface area contributed by atoms with Crippen LogP contribution in [0.3, 0.4) is 0 Å². The van der Waals surface area contributed by atoms with Crippen LogP contribution in [0, 0.1) is 5.92 Å². The first kappa shape index (κ1) is 15.0. The molecule has 2 rings (SSSR count). The Hall–Kier alpha value is -2.36. The zero-order valence-electron chi connectivity index (χ0n) is 12.0. The maximum absolute atomic E-state index is 11.4. The van der Waals surface area contributed by atoms with Gasteiger partial charge < -0.3 is 9.84 Å². The van der Waals surface area contributed by atoms with Gasteiger partial charge in [-0.05, 0) is 54.7 Å². The van der Waals surface area contributed by atoms with Crippen molar-refractivity contribution in [3.63, 3.8) is 0 Å². The third-order valence-electron chi connectivity index (χ3n) is 3.52. The summed E-state index contributed by atoms with van der Waals surface area (Å²) in [5.41, 5.74) is 2.13. The molecule has 1 heterocycles. The highest BCUT2D eigenvalue weighted by atomic mass is 16.5. The summed E-state index contributed by atoms with van der Waals surface area (Å²) in [6, 6.07) is 11.4. The highest BCUT2D eigenvalue weighted by Crippen LogP contribution is 2.18. The Morgan fingerprint density at radius 3 is 2.38 bits per heavy atom. The second-order valence-electron chi connectivity index (χ2n) is 4.98. The van der Waals surface area contributed by atoms with Gasteiger partial charge in [-0.2, -0.15) is 0 Å². The van der Waals surface area contributed by atoms with Crippen LogP contribution in [0.1, 0.15) is 17.5 Å². The quantitative estimate of drug-likeness (QED) is 0.849. The minimum Gasteiger partial charge on any atom is -0.497 e. The van der Waals surface area contributed by atoms with Crippen LogP contribution in [0.2, 0.25) is 0 Å². The van der Waals surface area contributed by atoms with Crippen molar-refractivity contribution in [2.45, 2.75) is 19.3 Å². The van der Waals surface area contributed by atoms with Crippen LogP contribution in [-0.4, -0.2) is 23.2 Å². The number of hydrogen-bond donors (Lipinski definition) is 1. The highest BCUT2D eigenvalue weighted by Gasteiger charge is 2.18. The van der Waals surface area contributed by atoms with Crippen LogP contribution >= 0.6 is 0 Å². The number of carboxylic acid groups (broad SMARTS) is 1. The largest absolute Gasteiger partial charge is 0.497 e. The smallest absolute Gasteiger partial charge is 0.306 e. The van der Waals surface area contributed by atoms with Crippen molar-refractivity contribution in [1.29, 1.82) is 0 Å². The van der Waals surface area contributed by atoms with Gasteiger partial charge in [-0.1, -0.05) is 12.1 Å². The fourth-order valence-electron chi connectivity index (χ4n) is 2.25. The number of carboxylic acids is 1. The number of nitrogens with zero attached hydrogens (tertiary/aromatic N) is 1. The maximum atomic E-state index is 11.4. The first-order valence-electron chi connectivity index (χ1n) is 6.93. The highest BCUT2D eigenvalue weighted by molar-refractivity contribution is 5.70. The number of aryl methyl sites for hydroxylation is 1. The summed E-state index contributed by atoms with van der Waals surface area (Å²) in [4.78, 5) is 15.4. The van der Waals surface area contributed by atoms with Crippen LogP contribution in [0.25, 0.3) is 0 Å². The van der Waals surface area contributed by atoms with Crippen LogP contribution in [-0.2, 0) is 17.6 Å². The van der Waals surface area contributed by atoms with Gasteiger partial charge in [0.1, 0.15) is 5.75 Å². The van der Waals surface area contributed by atoms with E-state index in [0.29, 0.717) is 12.8 Å². The molecule has 0 aliphatic rings. The Morgan fingerprint density at radius 2 is 1.81 bits per heavy atom. The van der Waals surface area contributed by atoms with Gasteiger partial charge in [0.15, 0.2) is 0 Å². The molecule has 4 heteroatoms. The summed E-state index contributed by atoms with van der Waals surface area (Å²) < 4.78 is 5.10. The Morgan fingerprint density at radius 1 is 1.14 bits per heavy atom. The summed E-state index contributed by atoms with van der Waals surface area (Å²) in [5.74, 6) is -0.353. The number of ether oxygens (including phenoxy) is 1. The first-order valence-corrected chi connectivity index (χ1v) is 6.93. The standard InChI is InChI=1S/C17H19NO3/c1-21-16-6-3-14(4-7-16)12-15(17(19)20)5-2-13-8-10-18-11-9-13/h3-4,6-11,15H,2,5,12H2,1H3,(H,19,20). The lowest BCUT2D eigenvalue weighted by Crippen LogP contribution is -2.17. The number of pyridine rings is 1. The number of methoxy groups -OCH3 is 1. The molecule has 1 aromatic carbocycles. The monoisotopic (exact) mass is 285 g/mol. The number of rotatable bonds is 7. The van der Waals surface area contributed by atoms with E-state index >= 15 is 0 Å². The van der Waals surface area contributed by atoms with Crippen LogP contribution in [0.15, 0.2) is 48.8 Å². The van der Waals surface area contributed by atoms with Crippen molar-refractivity contribution in [2.75, 3.05) is 7.11 Å². The summed E-state index contributed by atoms with van der Waals surface area (Å²) in [5, 5.41) is 9.38. The van der Waals surface area contributed by atoms with Gasteiger partial charge in [0, 0.05) is 12.4 Å². The fourth-order valence-corrected chi connectivity index (χ4v) is 2.25. The fraction of sp³-hybridized carbons (Fsp3) is 0.294. The molecule has 2 aromatic rings. The zero-order valence-corrected chi connectivity index (χ0v) is 12.0. The molecule has 1 unspecified atom stereocenters. The zero-order chi connectivity index (χ0) is 15.1. The molecule has 1 atom stereocenters. The maximum Gasteiger partial charge on any atom is 0.306 e. The molecule has 0 bridgehead atoms. The lowest BCUT2D eigenvalue weighted by atomic mass is 9.93. The third kappa shape index (κ3) is 4.60. The second kappa shape index (κ2) is 7.43. The third-order valence-corrected chi connectivity index (χ3v) is 3.52. The van der Waals surface area contributed by atoms with E-state index in [0.717, 1.165) is 23.3 Å². The van der Waals surface area contributed by atoms with Crippen molar-refractivity contribution < 1.29 is 14.6 Å². The number of aromatic nitrogens is 1. The summed E-state index contributed by atoms with van der Waals surface area (Å²) >= 11 is 0. The van der Waals surface area contributed by atoms with Gasteiger partial charge in [0.2, 0.25) is 0 Å². The Bertz CT molecular complexity index is 566. The van der Waals surface area contributed by atoms with Gasteiger partial charge in [0.05, 0.1) is 13.0 Å². The molecule has 0 aliphatic carbocycles. The van der Waals surface area contributed by atoms with Gasteiger partial charge in [0.25, 0.3) is 0 Å². The number of aliphatic carboxylic acids is 1. The molecule has 0 amide bonds. The van der Waals surface area contributed by atoms with Gasteiger partial charge in [-0.3, -0.25) is 9.78 Å². The van der Waals surface area contributed by atoms with E-state index in [1.54, 1.807) is 19.5 Å². The van der Waals surface area contributed by atoms with Crippen molar-refractivity contribution in [3.05, 3.63) is 59.9 Å². The first-order chi connectivity index (χ1) is 10.2. The lowest BCUT2D eigenvalue weighted by molar-refractivity contribution is -0.141. The Kier molecular flexibility index (Phi) is 5.32. The second-order valence-corrected chi connectivity index (χ2v) is 4.98. The van der Waals surface area contributed by atoms with E-state index in [-0.39, 0.29) is 5.92 Å².